The summed E-state index contributed by atoms with van der Waals surface area (Å²) in [7, 11) is 0. The maximum absolute atomic E-state index is 12.6. The Labute approximate surface area is 155 Å². The van der Waals surface area contributed by atoms with Crippen LogP contribution >= 0.6 is 11.3 Å². The molecule has 0 saturated carbocycles. The van der Waals surface area contributed by atoms with Crippen molar-refractivity contribution in [2.24, 2.45) is 0 Å². The number of benzene rings is 2. The minimum atomic E-state index is -0.176. The van der Waals surface area contributed by atoms with Crippen LogP contribution in [0.1, 0.15) is 34.8 Å². The lowest BCUT2D eigenvalue weighted by Crippen LogP contribution is -2.27. The number of rotatable bonds is 3. The molecular weight excluding hydrogens is 346 g/mol. The van der Waals surface area contributed by atoms with E-state index >= 15 is 0 Å². The van der Waals surface area contributed by atoms with Crippen LogP contribution < -0.4 is 10.2 Å². The normalized spacial score (nSPS) is 13.1. The number of aromatic nitrogens is 1. The predicted molar refractivity (Wildman–Crippen MR) is 105 cm³/mol. The van der Waals surface area contributed by atoms with Crippen LogP contribution in [0.3, 0.4) is 0 Å². The summed E-state index contributed by atoms with van der Waals surface area (Å²) in [5.41, 5.74) is 4.57. The first-order valence-corrected chi connectivity index (χ1v) is 9.49. The molecule has 4 rings (SSSR count). The van der Waals surface area contributed by atoms with Crippen LogP contribution in [-0.2, 0) is 11.2 Å². The number of para-hydroxylation sites is 1. The fraction of sp³-hybridized carbons (Fsp3) is 0.250. The van der Waals surface area contributed by atoms with Crippen molar-refractivity contribution in [1.82, 2.24) is 4.98 Å². The van der Waals surface area contributed by atoms with Gasteiger partial charge in [-0.15, -0.1) is 0 Å². The average Bonchev–Trinajstić information content (AvgIpc) is 3.25. The van der Waals surface area contributed by atoms with Gasteiger partial charge in [-0.25, -0.2) is 4.98 Å². The lowest BCUT2D eigenvalue weighted by molar-refractivity contribution is -0.118. The highest BCUT2D eigenvalue weighted by Crippen LogP contribution is 2.31. The van der Waals surface area contributed by atoms with Crippen LogP contribution in [0.15, 0.2) is 36.4 Å². The first-order chi connectivity index (χ1) is 12.6. The summed E-state index contributed by atoms with van der Waals surface area (Å²) in [6.07, 6.45) is 1.27. The van der Waals surface area contributed by atoms with Crippen molar-refractivity contribution in [1.29, 1.82) is 0 Å². The quantitative estimate of drug-likeness (QED) is 0.758. The first-order valence-electron chi connectivity index (χ1n) is 8.67. The molecule has 1 aliphatic heterocycles. The number of amides is 2. The summed E-state index contributed by atoms with van der Waals surface area (Å²) >= 11 is 1.47. The summed E-state index contributed by atoms with van der Waals surface area (Å²) in [5, 5.41) is 3.50. The lowest BCUT2D eigenvalue weighted by Gasteiger charge is -2.16. The zero-order valence-electron chi connectivity index (χ0n) is 14.7. The Kier molecular flexibility index (Phi) is 4.20. The van der Waals surface area contributed by atoms with Gasteiger partial charge in [-0.3, -0.25) is 14.9 Å². The summed E-state index contributed by atoms with van der Waals surface area (Å²) in [4.78, 5) is 30.9. The molecule has 0 radical (unpaired) electrons. The molecule has 0 fully saturated rings. The summed E-state index contributed by atoms with van der Waals surface area (Å²) in [5.74, 6) is -0.0597. The number of thiazole rings is 1. The van der Waals surface area contributed by atoms with E-state index in [1.54, 1.807) is 11.0 Å². The maximum atomic E-state index is 12.6. The Balaban J connectivity index is 1.57. The van der Waals surface area contributed by atoms with E-state index < -0.39 is 0 Å². The van der Waals surface area contributed by atoms with Gasteiger partial charge in [0.2, 0.25) is 5.91 Å². The molecule has 6 heteroatoms. The molecule has 0 saturated heterocycles. The van der Waals surface area contributed by atoms with Gasteiger partial charge in [0.05, 0.1) is 10.2 Å². The van der Waals surface area contributed by atoms with Crippen molar-refractivity contribution in [2.45, 2.75) is 26.7 Å². The topological polar surface area (TPSA) is 62.3 Å². The number of hydrogen-bond acceptors (Lipinski definition) is 4. The number of aryl methyl sites for hydroxylation is 1. The Morgan fingerprint density at radius 3 is 2.88 bits per heavy atom. The second-order valence-electron chi connectivity index (χ2n) is 6.39. The molecule has 26 heavy (non-hydrogen) atoms. The summed E-state index contributed by atoms with van der Waals surface area (Å²) < 4.78 is 1.06. The van der Waals surface area contributed by atoms with Crippen LogP contribution in [0.2, 0.25) is 0 Å². The highest BCUT2D eigenvalue weighted by Gasteiger charge is 2.24. The van der Waals surface area contributed by atoms with E-state index in [1.165, 1.54) is 11.3 Å². The number of anilines is 2. The van der Waals surface area contributed by atoms with Gasteiger partial charge in [-0.2, -0.15) is 0 Å². The summed E-state index contributed by atoms with van der Waals surface area (Å²) in [6.45, 7) is 4.56. The molecule has 0 unspecified atom stereocenters. The monoisotopic (exact) mass is 365 g/mol. The van der Waals surface area contributed by atoms with Gasteiger partial charge in [0.1, 0.15) is 0 Å². The molecule has 2 aromatic carbocycles. The smallest absolute Gasteiger partial charge is 0.257 e. The molecule has 1 aromatic heterocycles. The average molecular weight is 365 g/mol. The number of fused-ring (bicyclic) bond motifs is 2. The molecule has 1 N–H and O–H groups in total. The van der Waals surface area contributed by atoms with Gasteiger partial charge >= 0.3 is 0 Å². The molecule has 5 nitrogen and oxygen atoms in total. The molecule has 0 aliphatic carbocycles. The van der Waals surface area contributed by atoms with Gasteiger partial charge in [-0.1, -0.05) is 30.4 Å². The predicted octanol–water partition coefficient (Wildman–Crippen LogP) is 4.16. The van der Waals surface area contributed by atoms with Gasteiger partial charge in [0.15, 0.2) is 5.13 Å². The van der Waals surface area contributed by atoms with Crippen LogP contribution in [-0.4, -0.2) is 23.3 Å². The maximum Gasteiger partial charge on any atom is 0.257 e. The Morgan fingerprint density at radius 2 is 2.12 bits per heavy atom. The van der Waals surface area contributed by atoms with Crippen LogP contribution in [0.4, 0.5) is 10.8 Å². The molecule has 0 atom stereocenters. The Morgan fingerprint density at radius 1 is 1.27 bits per heavy atom. The van der Waals surface area contributed by atoms with Crippen molar-refractivity contribution < 1.29 is 9.59 Å². The molecule has 2 heterocycles. The van der Waals surface area contributed by atoms with Crippen molar-refractivity contribution in [3.05, 3.63) is 53.1 Å². The first kappa shape index (κ1) is 16.7. The van der Waals surface area contributed by atoms with E-state index in [9.17, 15) is 9.59 Å². The van der Waals surface area contributed by atoms with Gasteiger partial charge in [0, 0.05) is 24.2 Å². The second kappa shape index (κ2) is 6.53. The van der Waals surface area contributed by atoms with Gasteiger partial charge in [-0.05, 0) is 48.7 Å². The standard InChI is InChI=1S/C20H19N3O2S/c1-3-17(24)23-10-9-13-11-14(7-8-15(13)23)19(25)22-20-21-18-12(2)5-4-6-16(18)26-20/h4-8,11H,3,9-10H2,1-2H3,(H,21,22,25). The largest absolute Gasteiger partial charge is 0.312 e. The number of hydrogen-bond donors (Lipinski definition) is 1. The fourth-order valence-corrected chi connectivity index (χ4v) is 4.24. The number of nitrogens with one attached hydrogen (secondary N) is 1. The third-order valence-electron chi connectivity index (χ3n) is 4.68. The summed E-state index contributed by atoms with van der Waals surface area (Å²) in [6, 6.07) is 11.5. The van der Waals surface area contributed by atoms with Crippen LogP contribution in [0.5, 0.6) is 0 Å². The zero-order valence-corrected chi connectivity index (χ0v) is 15.5. The van der Waals surface area contributed by atoms with E-state index in [0.717, 1.165) is 33.5 Å². The molecule has 3 aromatic rings. The molecule has 1 aliphatic rings. The SMILES string of the molecule is CCC(=O)N1CCc2cc(C(=O)Nc3nc4c(C)cccc4s3)ccc21. The lowest BCUT2D eigenvalue weighted by atomic mass is 10.1. The van der Waals surface area contributed by atoms with Crippen LogP contribution in [0.25, 0.3) is 10.2 Å². The van der Waals surface area contributed by atoms with E-state index in [2.05, 4.69) is 10.3 Å². The van der Waals surface area contributed by atoms with Crippen molar-refractivity contribution in [3.8, 4) is 0 Å². The van der Waals surface area contributed by atoms with Crippen molar-refractivity contribution >= 4 is 44.2 Å². The molecule has 2 amide bonds. The highest BCUT2D eigenvalue weighted by molar-refractivity contribution is 7.22. The number of nitrogens with zero attached hydrogens (tertiary/aromatic N) is 2. The molecular formula is C20H19N3O2S. The minimum absolute atomic E-state index is 0.116. The zero-order chi connectivity index (χ0) is 18.3. The molecule has 0 bridgehead atoms. The minimum Gasteiger partial charge on any atom is -0.312 e. The number of carbonyl (C=O) groups is 2. The Hall–Kier alpha value is -2.73. The van der Waals surface area contributed by atoms with E-state index in [0.29, 0.717) is 23.7 Å². The van der Waals surface area contributed by atoms with Gasteiger partial charge in [0.25, 0.3) is 5.91 Å². The third kappa shape index (κ3) is 2.86. The van der Waals surface area contributed by atoms with Crippen LogP contribution in [0, 0.1) is 6.92 Å². The third-order valence-corrected chi connectivity index (χ3v) is 5.62. The molecule has 0 spiro atoms. The van der Waals surface area contributed by atoms with E-state index in [-0.39, 0.29) is 11.8 Å². The van der Waals surface area contributed by atoms with Crippen molar-refractivity contribution in [3.63, 3.8) is 0 Å². The Bertz CT molecular complexity index is 1030. The highest BCUT2D eigenvalue weighted by atomic mass is 32.1. The van der Waals surface area contributed by atoms with E-state index in [1.807, 2.05) is 44.2 Å². The second-order valence-corrected chi connectivity index (χ2v) is 7.42. The number of carbonyl (C=O) groups excluding carboxylic acids is 2. The fourth-order valence-electron chi connectivity index (χ4n) is 3.30. The van der Waals surface area contributed by atoms with Gasteiger partial charge < -0.3 is 4.90 Å². The molecule has 132 valence electrons. The van der Waals surface area contributed by atoms with E-state index in [4.69, 9.17) is 0 Å². The van der Waals surface area contributed by atoms with Crippen molar-refractivity contribution in [2.75, 3.05) is 16.8 Å².